The van der Waals surface area contributed by atoms with Crippen LogP contribution in [0.5, 0.6) is 0 Å². The van der Waals surface area contributed by atoms with Crippen LogP contribution in [0.25, 0.3) is 6.08 Å². The summed E-state index contributed by atoms with van der Waals surface area (Å²) < 4.78 is 0. The van der Waals surface area contributed by atoms with Gasteiger partial charge in [-0.3, -0.25) is 9.59 Å². The summed E-state index contributed by atoms with van der Waals surface area (Å²) in [4.78, 5) is 24.1. The number of rotatable bonds is 3. The topological polar surface area (TPSA) is 58.2 Å². The highest BCUT2D eigenvalue weighted by Crippen LogP contribution is 2.19. The Labute approximate surface area is 123 Å². The van der Waals surface area contributed by atoms with Crippen LogP contribution in [0.1, 0.15) is 25.8 Å². The molecule has 0 bridgehead atoms. The van der Waals surface area contributed by atoms with Crippen LogP contribution < -0.4 is 10.6 Å². The quantitative estimate of drug-likeness (QED) is 0.840. The maximum atomic E-state index is 12.0. The van der Waals surface area contributed by atoms with Crippen molar-refractivity contribution >= 4 is 29.5 Å². The first-order valence-corrected chi connectivity index (χ1v) is 6.98. The normalized spacial score (nSPS) is 22.4. The monoisotopic (exact) mass is 292 g/mol. The minimum absolute atomic E-state index is 0.0980. The highest BCUT2D eigenvalue weighted by molar-refractivity contribution is 6.32. The number of hydrogen-bond acceptors (Lipinski definition) is 2. The molecular formula is C15H17ClN2O2. The molecule has 106 valence electrons. The first kappa shape index (κ1) is 14.6. The first-order chi connectivity index (χ1) is 9.52. The van der Waals surface area contributed by atoms with Crippen molar-refractivity contribution in [1.29, 1.82) is 0 Å². The molecule has 1 heterocycles. The average molecular weight is 293 g/mol. The number of carbonyl (C=O) groups excluding carboxylic acids is 2. The number of halogens is 1. The maximum absolute atomic E-state index is 12.0. The zero-order valence-corrected chi connectivity index (χ0v) is 12.2. The van der Waals surface area contributed by atoms with Crippen LogP contribution in [0.15, 0.2) is 30.0 Å². The minimum Gasteiger partial charge on any atom is -0.339 e. The lowest BCUT2D eigenvalue weighted by Crippen LogP contribution is -2.57. The minimum atomic E-state index is -0.476. The number of nitrogens with one attached hydrogen (secondary N) is 2. The molecule has 1 aliphatic heterocycles. The molecule has 2 rings (SSSR count). The van der Waals surface area contributed by atoms with E-state index < -0.39 is 6.04 Å². The van der Waals surface area contributed by atoms with E-state index in [9.17, 15) is 9.59 Å². The van der Waals surface area contributed by atoms with Crippen molar-refractivity contribution in [2.75, 3.05) is 0 Å². The van der Waals surface area contributed by atoms with E-state index >= 15 is 0 Å². The summed E-state index contributed by atoms with van der Waals surface area (Å²) >= 11 is 6.04. The Morgan fingerprint density at radius 2 is 2.05 bits per heavy atom. The molecular weight excluding hydrogens is 276 g/mol. The van der Waals surface area contributed by atoms with Gasteiger partial charge in [0.1, 0.15) is 11.7 Å². The van der Waals surface area contributed by atoms with Crippen molar-refractivity contribution in [3.8, 4) is 0 Å². The fourth-order valence-corrected chi connectivity index (χ4v) is 2.23. The number of carbonyl (C=O) groups is 2. The summed E-state index contributed by atoms with van der Waals surface area (Å²) in [6.45, 7) is 3.92. The fraction of sp³-hybridized carbons (Fsp3) is 0.333. The molecule has 0 radical (unpaired) electrons. The summed E-state index contributed by atoms with van der Waals surface area (Å²) in [5.41, 5.74) is 0.921. The van der Waals surface area contributed by atoms with Gasteiger partial charge in [-0.2, -0.15) is 0 Å². The van der Waals surface area contributed by atoms with Crippen LogP contribution in [-0.4, -0.2) is 17.9 Å². The summed E-state index contributed by atoms with van der Waals surface area (Å²) in [6, 6.07) is 6.68. The molecule has 0 aromatic heterocycles. The van der Waals surface area contributed by atoms with Gasteiger partial charge in [-0.15, -0.1) is 0 Å². The molecule has 2 atom stereocenters. The van der Waals surface area contributed by atoms with E-state index in [1.165, 1.54) is 0 Å². The van der Waals surface area contributed by atoms with Gasteiger partial charge in [0.2, 0.25) is 5.91 Å². The highest BCUT2D eigenvalue weighted by atomic mass is 35.5. The number of piperazine rings is 1. The van der Waals surface area contributed by atoms with Crippen molar-refractivity contribution in [2.24, 2.45) is 5.92 Å². The van der Waals surface area contributed by atoms with Crippen LogP contribution in [0.3, 0.4) is 0 Å². The third-order valence-corrected chi connectivity index (χ3v) is 3.83. The van der Waals surface area contributed by atoms with Gasteiger partial charge in [-0.25, -0.2) is 0 Å². The molecule has 2 amide bonds. The third-order valence-electron chi connectivity index (χ3n) is 3.49. The molecule has 0 unspecified atom stereocenters. The Balaban J connectivity index is 2.23. The Morgan fingerprint density at radius 1 is 1.35 bits per heavy atom. The third kappa shape index (κ3) is 3.02. The standard InChI is InChI=1S/C15H17ClN2O2/c1-3-9(2)13-15(20)17-12(14(19)18-13)8-10-6-4-5-7-11(10)16/h4-9,13H,3H2,1-2H3,(H,17,20)(H,18,19)/t9-,13+/m0/s1. The van der Waals surface area contributed by atoms with Crippen molar-refractivity contribution < 1.29 is 9.59 Å². The lowest BCUT2D eigenvalue weighted by Gasteiger charge is -2.28. The van der Waals surface area contributed by atoms with E-state index in [4.69, 9.17) is 11.6 Å². The summed E-state index contributed by atoms with van der Waals surface area (Å²) in [5.74, 6) is -0.368. The van der Waals surface area contributed by atoms with Crippen LogP contribution in [0.2, 0.25) is 5.02 Å². The van der Waals surface area contributed by atoms with E-state index in [0.717, 1.165) is 6.42 Å². The summed E-state index contributed by atoms with van der Waals surface area (Å²) in [5, 5.41) is 5.94. The number of amides is 2. The van der Waals surface area contributed by atoms with Gasteiger partial charge in [-0.05, 0) is 23.6 Å². The zero-order valence-electron chi connectivity index (χ0n) is 11.4. The number of benzene rings is 1. The molecule has 1 aromatic carbocycles. The Morgan fingerprint density at radius 3 is 2.70 bits per heavy atom. The van der Waals surface area contributed by atoms with Gasteiger partial charge in [0.15, 0.2) is 0 Å². The molecule has 1 aromatic rings. The predicted molar refractivity (Wildman–Crippen MR) is 79.0 cm³/mol. The van der Waals surface area contributed by atoms with Gasteiger partial charge < -0.3 is 10.6 Å². The fourth-order valence-electron chi connectivity index (χ4n) is 2.04. The molecule has 0 spiro atoms. The van der Waals surface area contributed by atoms with Crippen LogP contribution in [0.4, 0.5) is 0 Å². The zero-order chi connectivity index (χ0) is 14.7. The SMILES string of the molecule is CC[C@H](C)[C@H]1NC(=O)C(=Cc2ccccc2Cl)NC1=O. The van der Waals surface area contributed by atoms with Gasteiger partial charge >= 0.3 is 0 Å². The maximum Gasteiger partial charge on any atom is 0.268 e. The Hall–Kier alpha value is -1.81. The highest BCUT2D eigenvalue weighted by Gasteiger charge is 2.32. The van der Waals surface area contributed by atoms with Crippen molar-refractivity contribution in [3.05, 3.63) is 40.5 Å². The lowest BCUT2D eigenvalue weighted by atomic mass is 9.96. The van der Waals surface area contributed by atoms with Gasteiger partial charge in [0, 0.05) is 5.02 Å². The van der Waals surface area contributed by atoms with Gasteiger partial charge in [-0.1, -0.05) is 50.1 Å². The number of hydrogen-bond donors (Lipinski definition) is 2. The van der Waals surface area contributed by atoms with Gasteiger partial charge in [0.05, 0.1) is 0 Å². The molecule has 0 saturated carbocycles. The lowest BCUT2D eigenvalue weighted by molar-refractivity contribution is -0.132. The van der Waals surface area contributed by atoms with E-state index in [-0.39, 0.29) is 23.4 Å². The molecule has 2 N–H and O–H groups in total. The molecule has 4 nitrogen and oxygen atoms in total. The first-order valence-electron chi connectivity index (χ1n) is 6.61. The van der Waals surface area contributed by atoms with Gasteiger partial charge in [0.25, 0.3) is 5.91 Å². The van der Waals surface area contributed by atoms with E-state index in [2.05, 4.69) is 10.6 Å². The van der Waals surface area contributed by atoms with Crippen LogP contribution in [0, 0.1) is 5.92 Å². The van der Waals surface area contributed by atoms with E-state index in [0.29, 0.717) is 10.6 Å². The van der Waals surface area contributed by atoms with Crippen molar-refractivity contribution in [1.82, 2.24) is 10.6 Å². The summed E-state index contributed by atoms with van der Waals surface area (Å²) in [6.07, 6.45) is 2.41. The van der Waals surface area contributed by atoms with Crippen LogP contribution >= 0.6 is 11.6 Å². The second kappa shape index (κ2) is 6.09. The molecule has 20 heavy (non-hydrogen) atoms. The van der Waals surface area contributed by atoms with Crippen molar-refractivity contribution in [2.45, 2.75) is 26.3 Å². The Bertz CT molecular complexity index is 569. The molecule has 1 aliphatic rings. The Kier molecular flexibility index (Phi) is 4.45. The summed E-state index contributed by atoms with van der Waals surface area (Å²) in [7, 11) is 0. The average Bonchev–Trinajstić information content (AvgIpc) is 2.44. The molecule has 1 fully saturated rings. The smallest absolute Gasteiger partial charge is 0.268 e. The largest absolute Gasteiger partial charge is 0.339 e. The van der Waals surface area contributed by atoms with E-state index in [1.54, 1.807) is 18.2 Å². The molecule has 5 heteroatoms. The second-order valence-electron chi connectivity index (χ2n) is 4.91. The van der Waals surface area contributed by atoms with Crippen LogP contribution in [-0.2, 0) is 9.59 Å². The second-order valence-corrected chi connectivity index (χ2v) is 5.31. The molecule has 1 saturated heterocycles. The van der Waals surface area contributed by atoms with Crippen molar-refractivity contribution in [3.63, 3.8) is 0 Å². The van der Waals surface area contributed by atoms with E-state index in [1.807, 2.05) is 26.0 Å². The predicted octanol–water partition coefficient (Wildman–Crippen LogP) is 2.34. The molecule has 0 aliphatic carbocycles.